The lowest BCUT2D eigenvalue weighted by Crippen LogP contribution is -2.46. The Labute approximate surface area is 189 Å². The second-order valence-electron chi connectivity index (χ2n) is 9.84. The number of carbonyl (C=O) groups excluding carboxylic acids is 1. The Morgan fingerprint density at radius 1 is 1.10 bits per heavy atom. The molecule has 168 valence electrons. The first-order chi connectivity index (χ1) is 15.1. The van der Waals surface area contributed by atoms with Gasteiger partial charge in [0.2, 0.25) is 5.91 Å². The molecule has 1 aromatic carbocycles. The van der Waals surface area contributed by atoms with Crippen molar-refractivity contribution in [3.05, 3.63) is 29.4 Å². The summed E-state index contributed by atoms with van der Waals surface area (Å²) in [6.07, 6.45) is 8.04. The molecule has 1 spiro atoms. The third kappa shape index (κ3) is 4.09. The minimum atomic E-state index is -0.158. The molecule has 1 atom stereocenters. The number of piperazine rings is 1. The molecule has 3 aliphatic rings. The predicted octanol–water partition coefficient (Wildman–Crippen LogP) is 5.12. The maximum Gasteiger partial charge on any atom is 0.229 e. The van der Waals surface area contributed by atoms with Gasteiger partial charge in [-0.3, -0.25) is 9.69 Å². The van der Waals surface area contributed by atoms with Gasteiger partial charge in [0.25, 0.3) is 0 Å². The molecule has 0 N–H and O–H groups in total. The van der Waals surface area contributed by atoms with Gasteiger partial charge in [0.05, 0.1) is 11.1 Å². The molecule has 2 saturated heterocycles. The Balaban J connectivity index is 1.07. The molecule has 1 amide bonds. The van der Waals surface area contributed by atoms with Crippen LogP contribution in [0.1, 0.15) is 51.9 Å². The van der Waals surface area contributed by atoms with Gasteiger partial charge in [0.15, 0.2) is 0 Å². The molecule has 0 bridgehead atoms. The van der Waals surface area contributed by atoms with Gasteiger partial charge in [-0.25, -0.2) is 4.39 Å². The van der Waals surface area contributed by atoms with Crippen LogP contribution in [0, 0.1) is 11.2 Å². The molecule has 0 radical (unpaired) electrons. The second kappa shape index (κ2) is 8.70. The molecule has 5 rings (SSSR count). The van der Waals surface area contributed by atoms with E-state index in [0.717, 1.165) is 76.1 Å². The van der Waals surface area contributed by atoms with E-state index in [2.05, 4.69) is 27.0 Å². The maximum absolute atomic E-state index is 13.5. The summed E-state index contributed by atoms with van der Waals surface area (Å²) >= 11 is 1.63. The van der Waals surface area contributed by atoms with E-state index in [1.807, 2.05) is 6.07 Å². The van der Waals surface area contributed by atoms with E-state index in [1.165, 1.54) is 23.9 Å². The summed E-state index contributed by atoms with van der Waals surface area (Å²) in [6.45, 7) is 8.47. The predicted molar refractivity (Wildman–Crippen MR) is 126 cm³/mol. The van der Waals surface area contributed by atoms with Crippen molar-refractivity contribution in [3.63, 3.8) is 0 Å². The molecule has 3 fully saturated rings. The standard InChI is InChI=1S/C25H34FN3OS/c1-19-17-25(8-2-3-9-25)24(30)29(19)11-5-4-10-27-12-14-28(15-13-27)22-18-31-23-16-20(26)6-7-21(22)23/h6-7,16,18-19H,2-5,8-15,17H2,1H3. The number of unbranched alkanes of at least 4 members (excludes halogenated alkanes) is 1. The molecule has 1 aliphatic carbocycles. The number of hydrogen-bond donors (Lipinski definition) is 0. The largest absolute Gasteiger partial charge is 0.368 e. The van der Waals surface area contributed by atoms with Crippen LogP contribution in [0.4, 0.5) is 10.1 Å². The number of hydrogen-bond acceptors (Lipinski definition) is 4. The van der Waals surface area contributed by atoms with Gasteiger partial charge in [-0.05, 0) is 63.8 Å². The molecule has 1 aromatic heterocycles. The van der Waals surface area contributed by atoms with Crippen LogP contribution in [0.25, 0.3) is 10.1 Å². The number of benzene rings is 1. The van der Waals surface area contributed by atoms with E-state index < -0.39 is 0 Å². The molecule has 31 heavy (non-hydrogen) atoms. The topological polar surface area (TPSA) is 26.8 Å². The highest BCUT2D eigenvalue weighted by Gasteiger charge is 2.50. The Kier molecular flexibility index (Phi) is 5.95. The SMILES string of the molecule is CC1CC2(CCCC2)C(=O)N1CCCCN1CCN(c2csc3cc(F)ccc23)CC1. The highest BCUT2D eigenvalue weighted by Crippen LogP contribution is 2.48. The van der Waals surface area contributed by atoms with Gasteiger partial charge in [-0.2, -0.15) is 0 Å². The number of fused-ring (bicyclic) bond motifs is 1. The smallest absolute Gasteiger partial charge is 0.229 e. The lowest BCUT2D eigenvalue weighted by atomic mass is 9.83. The molecule has 4 nitrogen and oxygen atoms in total. The Morgan fingerprint density at radius 2 is 1.84 bits per heavy atom. The zero-order valence-corrected chi connectivity index (χ0v) is 19.4. The van der Waals surface area contributed by atoms with Crippen molar-refractivity contribution in [3.8, 4) is 0 Å². The summed E-state index contributed by atoms with van der Waals surface area (Å²) in [5.41, 5.74) is 1.26. The van der Waals surface area contributed by atoms with E-state index in [9.17, 15) is 9.18 Å². The number of amides is 1. The number of likely N-dealkylation sites (tertiary alicyclic amines) is 1. The van der Waals surface area contributed by atoms with Gasteiger partial charge in [0.1, 0.15) is 5.82 Å². The minimum absolute atomic E-state index is 0.00728. The zero-order valence-electron chi connectivity index (χ0n) is 18.6. The zero-order chi connectivity index (χ0) is 21.4. The lowest BCUT2D eigenvalue weighted by molar-refractivity contribution is -0.136. The minimum Gasteiger partial charge on any atom is -0.368 e. The number of halogens is 1. The molecule has 1 saturated carbocycles. The Bertz CT molecular complexity index is 930. The first kappa shape index (κ1) is 21.2. The van der Waals surface area contributed by atoms with Crippen LogP contribution < -0.4 is 4.90 Å². The van der Waals surface area contributed by atoms with Crippen molar-refractivity contribution in [2.45, 2.75) is 57.9 Å². The van der Waals surface area contributed by atoms with Crippen LogP contribution in [0.15, 0.2) is 23.6 Å². The molecular formula is C25H34FN3OS. The highest BCUT2D eigenvalue weighted by atomic mass is 32.1. The van der Waals surface area contributed by atoms with E-state index in [-0.39, 0.29) is 11.2 Å². The quantitative estimate of drug-likeness (QED) is 0.580. The van der Waals surface area contributed by atoms with Crippen molar-refractivity contribution < 1.29 is 9.18 Å². The number of nitrogens with zero attached hydrogens (tertiary/aromatic N) is 3. The fraction of sp³-hybridized carbons (Fsp3) is 0.640. The average Bonchev–Trinajstić information content (AvgIpc) is 3.46. The summed E-state index contributed by atoms with van der Waals surface area (Å²) in [7, 11) is 0. The second-order valence-corrected chi connectivity index (χ2v) is 10.7. The van der Waals surface area contributed by atoms with Crippen molar-refractivity contribution in [2.24, 2.45) is 5.41 Å². The maximum atomic E-state index is 13.5. The molecule has 6 heteroatoms. The molecule has 2 aromatic rings. The average molecular weight is 444 g/mol. The van der Waals surface area contributed by atoms with Crippen LogP contribution in [-0.2, 0) is 4.79 Å². The molecular weight excluding hydrogens is 409 g/mol. The van der Waals surface area contributed by atoms with E-state index in [0.29, 0.717) is 11.9 Å². The monoisotopic (exact) mass is 443 g/mol. The summed E-state index contributed by atoms with van der Waals surface area (Å²) in [5.74, 6) is 0.295. The van der Waals surface area contributed by atoms with Crippen LogP contribution in [0.3, 0.4) is 0 Å². The summed E-state index contributed by atoms with van der Waals surface area (Å²) in [6, 6.07) is 5.54. The third-order valence-electron chi connectivity index (χ3n) is 7.85. The first-order valence-corrected chi connectivity index (χ1v) is 12.9. The van der Waals surface area contributed by atoms with E-state index in [1.54, 1.807) is 23.5 Å². The summed E-state index contributed by atoms with van der Waals surface area (Å²) < 4.78 is 14.5. The first-order valence-electron chi connectivity index (χ1n) is 12.0. The Morgan fingerprint density at radius 3 is 2.61 bits per heavy atom. The fourth-order valence-electron chi connectivity index (χ4n) is 6.12. The lowest BCUT2D eigenvalue weighted by Gasteiger charge is -2.36. The van der Waals surface area contributed by atoms with Crippen molar-refractivity contribution >= 4 is 33.0 Å². The Hall–Kier alpha value is -1.66. The van der Waals surface area contributed by atoms with Crippen molar-refractivity contribution in [1.29, 1.82) is 0 Å². The molecule has 1 unspecified atom stereocenters. The van der Waals surface area contributed by atoms with Crippen LogP contribution in [0.5, 0.6) is 0 Å². The number of carbonyl (C=O) groups is 1. The fourth-order valence-corrected chi connectivity index (χ4v) is 7.12. The third-order valence-corrected chi connectivity index (χ3v) is 8.78. The number of thiophene rings is 1. The van der Waals surface area contributed by atoms with Gasteiger partial charge in [-0.1, -0.05) is 12.8 Å². The summed E-state index contributed by atoms with van der Waals surface area (Å²) in [5, 5.41) is 3.34. The number of anilines is 1. The molecule has 3 heterocycles. The summed E-state index contributed by atoms with van der Waals surface area (Å²) in [4.78, 5) is 20.2. The van der Waals surface area contributed by atoms with Crippen LogP contribution in [-0.4, -0.2) is 61.0 Å². The van der Waals surface area contributed by atoms with Gasteiger partial charge < -0.3 is 9.80 Å². The molecule has 2 aliphatic heterocycles. The van der Waals surface area contributed by atoms with Crippen molar-refractivity contribution in [1.82, 2.24) is 9.80 Å². The highest BCUT2D eigenvalue weighted by molar-refractivity contribution is 7.17. The van der Waals surface area contributed by atoms with Gasteiger partial charge >= 0.3 is 0 Å². The number of rotatable bonds is 6. The van der Waals surface area contributed by atoms with E-state index >= 15 is 0 Å². The normalized spacial score (nSPS) is 24.2. The van der Waals surface area contributed by atoms with Crippen molar-refractivity contribution in [2.75, 3.05) is 44.2 Å². The van der Waals surface area contributed by atoms with Gasteiger partial charge in [0, 0.05) is 54.2 Å². The van der Waals surface area contributed by atoms with E-state index in [4.69, 9.17) is 0 Å². The van der Waals surface area contributed by atoms with Crippen LogP contribution in [0.2, 0.25) is 0 Å². The van der Waals surface area contributed by atoms with Crippen LogP contribution >= 0.6 is 11.3 Å². The van der Waals surface area contributed by atoms with Gasteiger partial charge in [-0.15, -0.1) is 11.3 Å².